The molecule has 0 N–H and O–H groups in total. The molecule has 3 aromatic carbocycles. The van der Waals surface area contributed by atoms with E-state index in [0.29, 0.717) is 0 Å². The summed E-state index contributed by atoms with van der Waals surface area (Å²) >= 11 is 6.82. The Morgan fingerprint density at radius 2 is 1.57 bits per heavy atom. The number of aryl methyl sites for hydroxylation is 1. The summed E-state index contributed by atoms with van der Waals surface area (Å²) in [7, 11) is 0. The summed E-state index contributed by atoms with van der Waals surface area (Å²) in [5.74, 6) is 0. The lowest BCUT2D eigenvalue weighted by Crippen LogP contribution is -1.91. The van der Waals surface area contributed by atoms with Crippen LogP contribution in [0.1, 0.15) is 31.7 Å². The maximum atomic E-state index is 6.82. The van der Waals surface area contributed by atoms with Gasteiger partial charge in [0.25, 0.3) is 0 Å². The van der Waals surface area contributed by atoms with Crippen molar-refractivity contribution in [1.82, 2.24) is 0 Å². The molecule has 0 fully saturated rings. The topological polar surface area (TPSA) is 13.1 Å². The third-order valence-corrected chi connectivity index (χ3v) is 5.03. The highest BCUT2D eigenvalue weighted by atomic mass is 35.5. The van der Waals surface area contributed by atoms with Gasteiger partial charge < -0.3 is 4.42 Å². The third-order valence-electron chi connectivity index (χ3n) is 4.60. The second-order valence-corrected chi connectivity index (χ2v) is 6.48. The van der Waals surface area contributed by atoms with Crippen LogP contribution in [0.15, 0.2) is 52.9 Å². The number of benzene rings is 3. The minimum atomic E-state index is 0.885. The Hall–Kier alpha value is -1.99. The highest BCUT2D eigenvalue weighted by Gasteiger charge is 2.18. The first-order valence-corrected chi connectivity index (χ1v) is 8.69. The van der Waals surface area contributed by atoms with Gasteiger partial charge in [0.2, 0.25) is 0 Å². The fourth-order valence-corrected chi connectivity index (χ4v) is 3.82. The minimum absolute atomic E-state index is 0.885. The van der Waals surface area contributed by atoms with Crippen LogP contribution >= 0.6 is 11.6 Å². The normalized spacial score (nSPS) is 11.7. The van der Waals surface area contributed by atoms with E-state index in [-0.39, 0.29) is 0 Å². The molecule has 23 heavy (non-hydrogen) atoms. The van der Waals surface area contributed by atoms with Gasteiger partial charge in [0.05, 0.1) is 5.02 Å². The lowest BCUT2D eigenvalue weighted by Gasteiger charge is -2.10. The Bertz CT molecular complexity index is 997. The average Bonchev–Trinajstić information content (AvgIpc) is 2.98. The molecule has 1 nitrogen and oxygen atoms in total. The number of fused-ring (bicyclic) bond motifs is 5. The van der Waals surface area contributed by atoms with Crippen LogP contribution in [0, 0.1) is 0 Å². The first-order valence-electron chi connectivity index (χ1n) is 8.31. The number of furan rings is 1. The summed E-state index contributed by atoms with van der Waals surface area (Å²) in [4.78, 5) is 0. The van der Waals surface area contributed by atoms with Crippen LogP contribution in [-0.2, 0) is 6.42 Å². The van der Waals surface area contributed by atoms with Gasteiger partial charge >= 0.3 is 0 Å². The number of hydrogen-bond donors (Lipinski definition) is 0. The Labute approximate surface area is 140 Å². The Balaban J connectivity index is 2.11. The van der Waals surface area contributed by atoms with Crippen LogP contribution in [0.3, 0.4) is 0 Å². The van der Waals surface area contributed by atoms with E-state index in [2.05, 4.69) is 31.2 Å². The molecule has 0 unspecified atom stereocenters. The summed E-state index contributed by atoms with van der Waals surface area (Å²) in [6.45, 7) is 2.23. The molecule has 4 rings (SSSR count). The van der Waals surface area contributed by atoms with E-state index in [1.54, 1.807) is 0 Å². The first kappa shape index (κ1) is 14.6. The van der Waals surface area contributed by atoms with Gasteiger partial charge in [-0.2, -0.15) is 0 Å². The minimum Gasteiger partial charge on any atom is -0.455 e. The van der Waals surface area contributed by atoms with Gasteiger partial charge in [-0.15, -0.1) is 0 Å². The van der Waals surface area contributed by atoms with Crippen molar-refractivity contribution < 1.29 is 4.42 Å². The van der Waals surface area contributed by atoms with Crippen molar-refractivity contribution in [3.05, 3.63) is 59.1 Å². The maximum absolute atomic E-state index is 6.82. The number of hydrogen-bond acceptors (Lipinski definition) is 1. The van der Waals surface area contributed by atoms with Crippen molar-refractivity contribution in [3.63, 3.8) is 0 Å². The summed E-state index contributed by atoms with van der Waals surface area (Å²) in [6, 6.07) is 16.5. The highest BCUT2D eigenvalue weighted by Crippen LogP contribution is 2.41. The van der Waals surface area contributed by atoms with Crippen LogP contribution in [0.2, 0.25) is 5.02 Å². The summed E-state index contributed by atoms with van der Waals surface area (Å²) in [5.41, 5.74) is 3.14. The molecule has 0 amide bonds. The molecule has 0 radical (unpaired) electrons. The molecular formula is C21H19ClO. The molecular weight excluding hydrogens is 304 g/mol. The SMILES string of the molecule is CCCCCc1c(Cl)c2ccccc2c2oc3ccccc3c12. The van der Waals surface area contributed by atoms with E-state index in [9.17, 15) is 0 Å². The predicted molar refractivity (Wildman–Crippen MR) is 99.5 cm³/mol. The third kappa shape index (κ3) is 2.31. The number of unbranched alkanes of at least 4 members (excludes halogenated alkanes) is 2. The monoisotopic (exact) mass is 322 g/mol. The number of para-hydroxylation sites is 1. The Morgan fingerprint density at radius 1 is 0.870 bits per heavy atom. The van der Waals surface area contributed by atoms with Gasteiger partial charge in [-0.05, 0) is 24.5 Å². The van der Waals surface area contributed by atoms with Crippen molar-refractivity contribution >= 4 is 44.3 Å². The quantitative estimate of drug-likeness (QED) is 0.364. The predicted octanol–water partition coefficient (Wildman–Crippen LogP) is 7.13. The summed E-state index contributed by atoms with van der Waals surface area (Å²) in [6.07, 6.45) is 4.58. The molecule has 1 heterocycles. The molecule has 0 aliphatic carbocycles. The molecule has 0 saturated carbocycles. The van der Waals surface area contributed by atoms with Crippen LogP contribution in [0.4, 0.5) is 0 Å². The van der Waals surface area contributed by atoms with E-state index < -0.39 is 0 Å². The molecule has 1 aromatic heterocycles. The van der Waals surface area contributed by atoms with Gasteiger partial charge in [0, 0.05) is 21.5 Å². The van der Waals surface area contributed by atoms with Gasteiger partial charge in [0.1, 0.15) is 11.2 Å². The Morgan fingerprint density at radius 3 is 2.35 bits per heavy atom. The lowest BCUT2D eigenvalue weighted by atomic mass is 9.96. The lowest BCUT2D eigenvalue weighted by molar-refractivity contribution is 0.672. The van der Waals surface area contributed by atoms with Crippen molar-refractivity contribution in [2.45, 2.75) is 32.6 Å². The smallest absolute Gasteiger partial charge is 0.143 e. The van der Waals surface area contributed by atoms with Crippen LogP contribution in [0.5, 0.6) is 0 Å². The van der Waals surface area contributed by atoms with Crippen LogP contribution in [0.25, 0.3) is 32.7 Å². The van der Waals surface area contributed by atoms with E-state index in [4.69, 9.17) is 16.0 Å². The fraction of sp³-hybridized carbons (Fsp3) is 0.238. The van der Waals surface area contributed by atoms with E-state index in [0.717, 1.165) is 39.8 Å². The fourth-order valence-electron chi connectivity index (χ4n) is 3.47. The molecule has 0 bridgehead atoms. The van der Waals surface area contributed by atoms with Crippen molar-refractivity contribution in [1.29, 1.82) is 0 Å². The largest absolute Gasteiger partial charge is 0.455 e. The van der Waals surface area contributed by atoms with Gasteiger partial charge in [0.15, 0.2) is 0 Å². The average molecular weight is 323 g/mol. The van der Waals surface area contributed by atoms with E-state index in [1.165, 1.54) is 29.2 Å². The molecule has 0 saturated heterocycles. The van der Waals surface area contributed by atoms with Gasteiger partial charge in [-0.3, -0.25) is 0 Å². The first-order chi connectivity index (χ1) is 11.3. The van der Waals surface area contributed by atoms with Gasteiger partial charge in [-0.25, -0.2) is 0 Å². The van der Waals surface area contributed by atoms with Gasteiger partial charge in [-0.1, -0.05) is 73.8 Å². The highest BCUT2D eigenvalue weighted by molar-refractivity contribution is 6.39. The van der Waals surface area contributed by atoms with Crippen LogP contribution in [-0.4, -0.2) is 0 Å². The van der Waals surface area contributed by atoms with E-state index >= 15 is 0 Å². The van der Waals surface area contributed by atoms with Crippen molar-refractivity contribution in [3.8, 4) is 0 Å². The Kier molecular flexibility index (Phi) is 3.74. The molecule has 0 atom stereocenters. The second-order valence-electron chi connectivity index (χ2n) is 6.10. The molecule has 2 heteroatoms. The van der Waals surface area contributed by atoms with Crippen molar-refractivity contribution in [2.24, 2.45) is 0 Å². The molecule has 0 spiro atoms. The van der Waals surface area contributed by atoms with Crippen molar-refractivity contribution in [2.75, 3.05) is 0 Å². The maximum Gasteiger partial charge on any atom is 0.143 e. The summed E-state index contributed by atoms with van der Waals surface area (Å²) in [5, 5.41) is 5.44. The number of halogens is 1. The van der Waals surface area contributed by atoms with E-state index in [1.807, 2.05) is 24.3 Å². The molecule has 4 aromatic rings. The number of rotatable bonds is 4. The molecule has 116 valence electrons. The van der Waals surface area contributed by atoms with Crippen LogP contribution < -0.4 is 0 Å². The standard InChI is InChI=1S/C21H19ClO/c1-2-3-4-12-17-19-16-11-7-8-13-18(16)23-21(19)15-10-6-5-9-14(15)20(17)22/h5-11,13H,2-4,12H2,1H3. The summed E-state index contributed by atoms with van der Waals surface area (Å²) < 4.78 is 6.21. The zero-order valence-electron chi connectivity index (χ0n) is 13.2. The molecule has 0 aliphatic heterocycles. The zero-order chi connectivity index (χ0) is 15.8. The second kappa shape index (κ2) is 5.90. The zero-order valence-corrected chi connectivity index (χ0v) is 14.0. The molecule has 0 aliphatic rings.